The average Bonchev–Trinajstić information content (AvgIpc) is 3.20. The Morgan fingerprint density at radius 3 is 2.38 bits per heavy atom. The Hall–Kier alpha value is -4.81. The number of benzene rings is 1. The summed E-state index contributed by atoms with van der Waals surface area (Å²) in [5, 5.41) is 34.1. The van der Waals surface area contributed by atoms with E-state index in [1.54, 1.807) is 47.2 Å². The number of carboxylic acid groups (broad SMARTS) is 2. The maximum absolute atomic E-state index is 11.1. The Kier molecular flexibility index (Phi) is 10.0. The molecule has 0 spiro atoms. The predicted molar refractivity (Wildman–Crippen MR) is 115 cm³/mol. The number of Topliss-reactive ketones (excluding diaryl/α,β-unsaturated/α-hetero) is 1. The van der Waals surface area contributed by atoms with Crippen molar-refractivity contribution < 1.29 is 29.5 Å². The molecule has 0 radical (unpaired) electrons. The number of hydrogen-bond acceptors (Lipinski definition) is 7. The minimum Gasteiger partial charge on any atom is -0.481 e. The maximum atomic E-state index is 11.1. The summed E-state index contributed by atoms with van der Waals surface area (Å²) in [6.45, 7) is 0. The van der Waals surface area contributed by atoms with Crippen molar-refractivity contribution >= 4 is 41.7 Å². The number of carbonyl (C=O) groups is 3. The van der Waals surface area contributed by atoms with Crippen LogP contribution in [-0.4, -0.2) is 49.6 Å². The van der Waals surface area contributed by atoms with Gasteiger partial charge in [-0.3, -0.25) is 19.7 Å². The lowest BCUT2D eigenvalue weighted by Gasteiger charge is -2.06. The normalized spacial score (nSPS) is 10.4. The van der Waals surface area contributed by atoms with E-state index in [0.29, 0.717) is 5.69 Å². The topological polar surface area (TPSA) is 216 Å². The lowest BCUT2D eigenvalue weighted by molar-refractivity contribution is -0.384. The second-order valence-corrected chi connectivity index (χ2v) is 5.82. The molecule has 32 heavy (non-hydrogen) atoms. The van der Waals surface area contributed by atoms with Gasteiger partial charge >= 0.3 is 11.9 Å². The van der Waals surface area contributed by atoms with Crippen LogP contribution in [0.5, 0.6) is 0 Å². The Balaban J connectivity index is 0.000000433. The Labute approximate surface area is 181 Å². The molecule has 0 aliphatic rings. The first-order valence-corrected chi connectivity index (χ1v) is 8.81. The number of nitro benzene ring substituents is 1. The molecule has 0 amide bonds. The minimum atomic E-state index is -1.58. The molecule has 0 saturated heterocycles. The van der Waals surface area contributed by atoms with Crippen molar-refractivity contribution in [3.8, 4) is 5.69 Å². The van der Waals surface area contributed by atoms with Crippen molar-refractivity contribution in [2.24, 2.45) is 21.7 Å². The largest absolute Gasteiger partial charge is 0.481 e. The third kappa shape index (κ3) is 8.69. The van der Waals surface area contributed by atoms with Crippen LogP contribution in [0.4, 0.5) is 5.69 Å². The second-order valence-electron chi connectivity index (χ2n) is 5.82. The quantitative estimate of drug-likeness (QED) is 0.143. The van der Waals surface area contributed by atoms with Crippen LogP contribution in [0.15, 0.2) is 58.9 Å². The van der Waals surface area contributed by atoms with Crippen LogP contribution >= 0.6 is 0 Å². The number of nitro groups is 1. The summed E-state index contributed by atoms with van der Waals surface area (Å²) >= 11 is 0. The molecule has 0 aliphatic carbocycles. The van der Waals surface area contributed by atoms with Gasteiger partial charge in [0.15, 0.2) is 0 Å². The van der Waals surface area contributed by atoms with Gasteiger partial charge in [0.1, 0.15) is 5.69 Å². The van der Waals surface area contributed by atoms with E-state index in [-0.39, 0.29) is 11.6 Å². The molecule has 0 atom stereocenters. The van der Waals surface area contributed by atoms with Crippen LogP contribution in [-0.2, 0) is 14.4 Å². The van der Waals surface area contributed by atoms with Crippen LogP contribution in [0.25, 0.3) is 11.8 Å². The van der Waals surface area contributed by atoms with Gasteiger partial charge in [-0.2, -0.15) is 5.10 Å². The molecule has 2 rings (SSSR count). The molecule has 2 aromatic rings. The molecule has 0 aliphatic heterocycles. The zero-order valence-corrected chi connectivity index (χ0v) is 16.6. The summed E-state index contributed by atoms with van der Waals surface area (Å²) in [6, 6.07) is 10.1. The van der Waals surface area contributed by atoms with E-state index in [4.69, 9.17) is 21.7 Å². The summed E-state index contributed by atoms with van der Waals surface area (Å²) in [4.78, 5) is 40.4. The fraction of sp³-hybridized carbons (Fsp3) is 0.105. The number of nitrogens with zero attached hydrogens (tertiary/aromatic N) is 4. The summed E-state index contributed by atoms with van der Waals surface area (Å²) in [5.41, 5.74) is 11.5. The third-order valence-electron chi connectivity index (χ3n) is 3.52. The van der Waals surface area contributed by atoms with Gasteiger partial charge in [0.2, 0.25) is 11.7 Å². The standard InChI is InChI=1S/C14H14N6O2.C5H6O5/c15-14(16)18-17-9-3-5-11-6-4-10-19(11)12-7-1-2-8-13(12)20(21)22;6-3(5(9)10)1-2-4(7)8/h1-10H,(H4,15,16,18);1-2H2,(H,7,8)(H,9,10). The monoisotopic (exact) mass is 444 g/mol. The number of ketones is 1. The van der Waals surface area contributed by atoms with Crippen molar-refractivity contribution in [3.05, 3.63) is 64.5 Å². The molecule has 1 aromatic heterocycles. The highest BCUT2D eigenvalue weighted by Gasteiger charge is 2.15. The van der Waals surface area contributed by atoms with Gasteiger partial charge in [0.25, 0.3) is 5.69 Å². The number of nitrogens with two attached hydrogens (primary N) is 2. The number of aliphatic carboxylic acids is 2. The van der Waals surface area contributed by atoms with E-state index in [1.165, 1.54) is 12.3 Å². The molecule has 0 saturated carbocycles. The summed E-state index contributed by atoms with van der Waals surface area (Å²) in [5.74, 6) is -3.95. The number of carboxylic acids is 2. The van der Waals surface area contributed by atoms with E-state index in [1.807, 2.05) is 6.07 Å². The zero-order chi connectivity index (χ0) is 24.1. The summed E-state index contributed by atoms with van der Waals surface area (Å²) in [6.07, 6.45) is 5.66. The highest BCUT2D eigenvalue weighted by atomic mass is 16.6. The lowest BCUT2D eigenvalue weighted by Crippen LogP contribution is -2.21. The van der Waals surface area contributed by atoms with E-state index in [2.05, 4.69) is 10.2 Å². The van der Waals surface area contributed by atoms with E-state index < -0.39 is 35.5 Å². The molecule has 1 aromatic carbocycles. The second kappa shape index (κ2) is 12.7. The molecule has 0 bridgehead atoms. The van der Waals surface area contributed by atoms with Crippen LogP contribution in [0.1, 0.15) is 18.5 Å². The van der Waals surface area contributed by atoms with Gasteiger partial charge in [-0.25, -0.2) is 4.79 Å². The number of aromatic nitrogens is 1. The molecular weight excluding hydrogens is 424 g/mol. The number of rotatable bonds is 9. The molecule has 1 heterocycles. The highest BCUT2D eigenvalue weighted by Crippen LogP contribution is 2.24. The van der Waals surface area contributed by atoms with E-state index >= 15 is 0 Å². The molecule has 13 nitrogen and oxygen atoms in total. The van der Waals surface area contributed by atoms with Gasteiger partial charge in [0.05, 0.1) is 11.3 Å². The van der Waals surface area contributed by atoms with Gasteiger partial charge in [-0.1, -0.05) is 12.1 Å². The first kappa shape index (κ1) is 25.2. The number of carbonyl (C=O) groups excluding carboxylic acids is 1. The first-order valence-electron chi connectivity index (χ1n) is 8.81. The number of hydrogen-bond donors (Lipinski definition) is 4. The van der Waals surface area contributed by atoms with Crippen LogP contribution in [0.2, 0.25) is 0 Å². The maximum Gasteiger partial charge on any atom is 0.372 e. The fourth-order valence-electron chi connectivity index (χ4n) is 2.18. The number of guanidine groups is 1. The van der Waals surface area contributed by atoms with Crippen LogP contribution in [0, 0.1) is 10.1 Å². The highest BCUT2D eigenvalue weighted by molar-refractivity contribution is 6.32. The van der Waals surface area contributed by atoms with Gasteiger partial charge in [-0.15, -0.1) is 5.10 Å². The van der Waals surface area contributed by atoms with Crippen LogP contribution in [0.3, 0.4) is 0 Å². The Morgan fingerprint density at radius 1 is 1.09 bits per heavy atom. The molecule has 0 unspecified atom stereocenters. The van der Waals surface area contributed by atoms with Gasteiger partial charge < -0.3 is 26.2 Å². The number of para-hydroxylation sites is 2. The zero-order valence-electron chi connectivity index (χ0n) is 16.6. The molecule has 0 fully saturated rings. The van der Waals surface area contributed by atoms with E-state index in [0.717, 1.165) is 5.69 Å². The predicted octanol–water partition coefficient (Wildman–Crippen LogP) is 1.16. The van der Waals surface area contributed by atoms with Gasteiger partial charge in [0, 0.05) is 30.6 Å². The fourth-order valence-corrected chi connectivity index (χ4v) is 2.18. The SMILES string of the molecule is NC(N)=NN=CC=Cc1cccn1-c1ccccc1[N+](=O)[O-].O=C(O)CCC(=O)C(=O)O. The molecule has 168 valence electrons. The van der Waals surface area contributed by atoms with Crippen molar-refractivity contribution in [1.82, 2.24) is 4.57 Å². The smallest absolute Gasteiger partial charge is 0.372 e. The summed E-state index contributed by atoms with van der Waals surface area (Å²) in [7, 11) is 0. The van der Waals surface area contributed by atoms with Crippen molar-refractivity contribution in [2.75, 3.05) is 0 Å². The Bertz CT molecular complexity index is 1070. The third-order valence-corrected chi connectivity index (χ3v) is 3.52. The minimum absolute atomic E-state index is 0.0301. The molecule has 13 heteroatoms. The van der Waals surface area contributed by atoms with Crippen molar-refractivity contribution in [1.29, 1.82) is 0 Å². The molecule has 6 N–H and O–H groups in total. The Morgan fingerprint density at radius 2 is 1.78 bits per heavy atom. The van der Waals surface area contributed by atoms with E-state index in [9.17, 15) is 24.5 Å². The number of allylic oxidation sites excluding steroid dienone is 1. The summed E-state index contributed by atoms with van der Waals surface area (Å²) < 4.78 is 1.71. The van der Waals surface area contributed by atoms with Gasteiger partial charge in [-0.05, 0) is 30.4 Å². The van der Waals surface area contributed by atoms with Crippen molar-refractivity contribution in [2.45, 2.75) is 12.8 Å². The first-order chi connectivity index (χ1) is 15.1. The van der Waals surface area contributed by atoms with Crippen LogP contribution < -0.4 is 11.5 Å². The van der Waals surface area contributed by atoms with Crippen molar-refractivity contribution in [3.63, 3.8) is 0 Å². The lowest BCUT2D eigenvalue weighted by atomic mass is 10.2. The average molecular weight is 444 g/mol. The molecular formula is C19H20N6O7.